The van der Waals surface area contributed by atoms with Gasteiger partial charge < -0.3 is 10.0 Å². The summed E-state index contributed by atoms with van der Waals surface area (Å²) in [4.78, 5) is 24.9. The lowest BCUT2D eigenvalue weighted by Gasteiger charge is -2.20. The van der Waals surface area contributed by atoms with Gasteiger partial charge in [0, 0.05) is 17.7 Å². The minimum Gasteiger partial charge on any atom is -0.480 e. The van der Waals surface area contributed by atoms with Gasteiger partial charge in [0.2, 0.25) is 0 Å². The number of carbonyl (C=O) groups is 2. The summed E-state index contributed by atoms with van der Waals surface area (Å²) >= 11 is 0. The first-order valence-corrected chi connectivity index (χ1v) is 8.15. The molecule has 2 aromatic carbocycles. The second-order valence-corrected chi connectivity index (χ2v) is 5.80. The molecule has 1 heterocycles. The molecule has 6 nitrogen and oxygen atoms in total. The van der Waals surface area contributed by atoms with E-state index in [1.165, 1.54) is 4.90 Å². The van der Waals surface area contributed by atoms with Gasteiger partial charge in [-0.05, 0) is 12.8 Å². The maximum absolute atomic E-state index is 12.4. The number of hydrogen-bond acceptors (Lipinski definition) is 3. The van der Waals surface area contributed by atoms with Gasteiger partial charge in [0.05, 0.1) is 5.71 Å². The third-order valence-corrected chi connectivity index (χ3v) is 4.16. The number of hydrogen-bond donors (Lipinski definition) is 2. The normalized spacial score (nSPS) is 16.3. The predicted molar refractivity (Wildman–Crippen MR) is 94.4 cm³/mol. The molecule has 25 heavy (non-hydrogen) atoms. The summed E-state index contributed by atoms with van der Waals surface area (Å²) in [6, 6.07) is 17.8. The van der Waals surface area contributed by atoms with E-state index in [9.17, 15) is 14.7 Å². The lowest BCUT2D eigenvalue weighted by Crippen LogP contribution is -2.44. The lowest BCUT2D eigenvalue weighted by molar-refractivity contribution is -0.141. The largest absolute Gasteiger partial charge is 0.480 e. The summed E-state index contributed by atoms with van der Waals surface area (Å²) < 4.78 is 0. The summed E-state index contributed by atoms with van der Waals surface area (Å²) in [6.07, 6.45) is 1.15. The van der Waals surface area contributed by atoms with E-state index in [1.807, 2.05) is 60.7 Å². The molecule has 1 fully saturated rings. The van der Waals surface area contributed by atoms with E-state index in [2.05, 4.69) is 10.5 Å². The highest BCUT2D eigenvalue weighted by Crippen LogP contribution is 2.17. The molecule has 2 amide bonds. The minimum atomic E-state index is -0.983. The molecule has 128 valence electrons. The fraction of sp³-hybridized carbons (Fsp3) is 0.211. The van der Waals surface area contributed by atoms with Crippen molar-refractivity contribution >= 4 is 17.7 Å². The maximum Gasteiger partial charge on any atom is 0.338 e. The van der Waals surface area contributed by atoms with Crippen LogP contribution in [0.1, 0.15) is 24.0 Å². The molecule has 0 bridgehead atoms. The third-order valence-electron chi connectivity index (χ3n) is 4.16. The van der Waals surface area contributed by atoms with E-state index in [0.29, 0.717) is 25.1 Å². The zero-order chi connectivity index (χ0) is 17.6. The van der Waals surface area contributed by atoms with Gasteiger partial charge >= 0.3 is 12.0 Å². The Hall–Kier alpha value is -3.15. The number of likely N-dealkylation sites (tertiary alicyclic amines) is 1. The molecule has 0 aromatic heterocycles. The Morgan fingerprint density at radius 1 is 1.00 bits per heavy atom. The Kier molecular flexibility index (Phi) is 5.09. The zero-order valence-corrected chi connectivity index (χ0v) is 13.6. The van der Waals surface area contributed by atoms with Crippen molar-refractivity contribution in [3.63, 3.8) is 0 Å². The summed E-state index contributed by atoms with van der Waals surface area (Å²) in [5, 5.41) is 13.5. The number of carboxylic acid groups (broad SMARTS) is 1. The van der Waals surface area contributed by atoms with Gasteiger partial charge in [-0.3, -0.25) is 0 Å². The molecule has 1 saturated heterocycles. The summed E-state index contributed by atoms with van der Waals surface area (Å²) in [5.74, 6) is -0.983. The first kappa shape index (κ1) is 16.7. The first-order chi connectivity index (χ1) is 12.2. The number of nitrogens with zero attached hydrogens (tertiary/aromatic N) is 2. The van der Waals surface area contributed by atoms with Gasteiger partial charge in [-0.2, -0.15) is 5.10 Å². The Morgan fingerprint density at radius 3 is 2.08 bits per heavy atom. The number of carbonyl (C=O) groups excluding carboxylic acids is 1. The van der Waals surface area contributed by atoms with E-state index in [4.69, 9.17) is 0 Å². The van der Waals surface area contributed by atoms with Crippen LogP contribution in [0.4, 0.5) is 4.79 Å². The molecule has 6 heteroatoms. The van der Waals surface area contributed by atoms with Crippen molar-refractivity contribution in [1.29, 1.82) is 0 Å². The van der Waals surface area contributed by atoms with E-state index >= 15 is 0 Å². The van der Waals surface area contributed by atoms with E-state index < -0.39 is 18.0 Å². The van der Waals surface area contributed by atoms with Crippen LogP contribution < -0.4 is 5.43 Å². The average Bonchev–Trinajstić information content (AvgIpc) is 3.14. The van der Waals surface area contributed by atoms with Crippen molar-refractivity contribution in [2.45, 2.75) is 18.9 Å². The van der Waals surface area contributed by atoms with Crippen molar-refractivity contribution in [3.05, 3.63) is 71.8 Å². The predicted octanol–water partition coefficient (Wildman–Crippen LogP) is 2.70. The summed E-state index contributed by atoms with van der Waals surface area (Å²) in [5.41, 5.74) is 4.88. The second-order valence-electron chi connectivity index (χ2n) is 5.80. The smallest absolute Gasteiger partial charge is 0.338 e. The fourth-order valence-electron chi connectivity index (χ4n) is 2.92. The molecule has 0 spiro atoms. The van der Waals surface area contributed by atoms with Crippen molar-refractivity contribution in [1.82, 2.24) is 10.3 Å². The lowest BCUT2D eigenvalue weighted by atomic mass is 10.0. The van der Waals surface area contributed by atoms with Crippen LogP contribution in [0.2, 0.25) is 0 Å². The molecule has 0 unspecified atom stereocenters. The summed E-state index contributed by atoms with van der Waals surface area (Å²) in [6.45, 7) is 0.421. The number of urea groups is 1. The Morgan fingerprint density at radius 2 is 1.56 bits per heavy atom. The van der Waals surface area contributed by atoms with Gasteiger partial charge in [-0.25, -0.2) is 15.0 Å². The first-order valence-electron chi connectivity index (χ1n) is 8.15. The van der Waals surface area contributed by atoms with Gasteiger partial charge in [-0.1, -0.05) is 60.7 Å². The van der Waals surface area contributed by atoms with Crippen LogP contribution in [0.25, 0.3) is 0 Å². The topological polar surface area (TPSA) is 82.0 Å². The maximum atomic E-state index is 12.4. The Bertz CT molecular complexity index is 734. The van der Waals surface area contributed by atoms with Crippen molar-refractivity contribution in [2.24, 2.45) is 5.10 Å². The molecule has 3 rings (SSSR count). The van der Waals surface area contributed by atoms with Crippen molar-refractivity contribution in [2.75, 3.05) is 6.54 Å². The highest BCUT2D eigenvalue weighted by atomic mass is 16.4. The van der Waals surface area contributed by atoms with Crippen molar-refractivity contribution in [3.8, 4) is 0 Å². The average molecular weight is 337 g/mol. The molecule has 2 aromatic rings. The number of amides is 2. The fourth-order valence-corrected chi connectivity index (χ4v) is 2.92. The van der Waals surface area contributed by atoms with E-state index in [-0.39, 0.29) is 0 Å². The molecule has 1 aliphatic rings. The quantitative estimate of drug-likeness (QED) is 0.665. The Labute approximate surface area is 145 Å². The number of aliphatic carboxylic acids is 1. The van der Waals surface area contributed by atoms with Crippen LogP contribution >= 0.6 is 0 Å². The molecule has 1 aliphatic heterocycles. The van der Waals surface area contributed by atoms with Gasteiger partial charge in [-0.15, -0.1) is 0 Å². The van der Waals surface area contributed by atoms with E-state index in [1.54, 1.807) is 0 Å². The van der Waals surface area contributed by atoms with E-state index in [0.717, 1.165) is 11.1 Å². The molecule has 0 radical (unpaired) electrons. The van der Waals surface area contributed by atoms with Crippen LogP contribution in [0.3, 0.4) is 0 Å². The third kappa shape index (κ3) is 3.85. The van der Waals surface area contributed by atoms with Crippen LogP contribution in [0.5, 0.6) is 0 Å². The van der Waals surface area contributed by atoms with Crippen LogP contribution in [0.15, 0.2) is 65.8 Å². The number of hydrazone groups is 1. The number of benzene rings is 2. The van der Waals surface area contributed by atoms with Gasteiger partial charge in [0.15, 0.2) is 0 Å². The summed E-state index contributed by atoms with van der Waals surface area (Å²) in [7, 11) is 0. The SMILES string of the molecule is O=C(O)[C@@H]1CCCN1C(=O)NN=C(c1ccccc1)c1ccccc1. The molecule has 2 N–H and O–H groups in total. The van der Waals surface area contributed by atoms with Crippen molar-refractivity contribution < 1.29 is 14.7 Å². The van der Waals surface area contributed by atoms with Crippen LogP contribution in [0, 0.1) is 0 Å². The zero-order valence-electron chi connectivity index (χ0n) is 13.6. The molecular formula is C19H19N3O3. The standard InChI is InChI=1S/C19H19N3O3/c23-18(24)16-12-7-13-22(16)19(25)21-20-17(14-8-3-1-4-9-14)15-10-5-2-6-11-15/h1-6,8-11,16H,7,12-13H2,(H,21,25)(H,23,24)/t16-/m0/s1. The molecule has 0 aliphatic carbocycles. The van der Waals surface area contributed by atoms with Gasteiger partial charge in [0.25, 0.3) is 0 Å². The highest BCUT2D eigenvalue weighted by molar-refractivity contribution is 6.13. The van der Waals surface area contributed by atoms with Crippen LogP contribution in [-0.2, 0) is 4.79 Å². The molecule has 1 atom stereocenters. The Balaban J connectivity index is 1.84. The number of carboxylic acids is 1. The molecule has 0 saturated carbocycles. The molecular weight excluding hydrogens is 318 g/mol. The highest BCUT2D eigenvalue weighted by Gasteiger charge is 2.34. The second kappa shape index (κ2) is 7.61. The van der Waals surface area contributed by atoms with Gasteiger partial charge in [0.1, 0.15) is 6.04 Å². The van der Waals surface area contributed by atoms with Crippen LogP contribution in [-0.4, -0.2) is 40.3 Å². The monoisotopic (exact) mass is 337 g/mol. The minimum absolute atomic E-state index is 0.421. The number of rotatable bonds is 4. The number of nitrogens with one attached hydrogen (secondary N) is 1.